The Morgan fingerprint density at radius 1 is 1.27 bits per heavy atom. The van der Waals surface area contributed by atoms with Gasteiger partial charge in [0, 0.05) is 11.5 Å². The van der Waals surface area contributed by atoms with Gasteiger partial charge in [-0.05, 0) is 42.3 Å². The zero-order valence-electron chi connectivity index (χ0n) is 7.92. The maximum Gasteiger partial charge on any atom is 0.446 e. The molecule has 1 N–H and O–H groups in total. The Hall–Kier alpha value is -0.680. The van der Waals surface area contributed by atoms with Gasteiger partial charge in [-0.1, -0.05) is 12.1 Å². The van der Waals surface area contributed by atoms with Crippen LogP contribution in [0.25, 0.3) is 0 Å². The first-order valence-electron chi connectivity index (χ1n) is 4.47. The molecule has 0 aromatic heterocycles. The fraction of sp³-hybridized carbons (Fsp3) is 0.400. The minimum absolute atomic E-state index is 0.0522. The maximum atomic E-state index is 12.0. The van der Waals surface area contributed by atoms with Crippen LogP contribution in [-0.4, -0.2) is 17.2 Å². The third kappa shape index (κ3) is 5.09. The lowest BCUT2D eigenvalue weighted by Crippen LogP contribution is -1.99. The predicted octanol–water partition coefficient (Wildman–Crippen LogP) is 3.22. The van der Waals surface area contributed by atoms with E-state index in [1.807, 2.05) is 0 Å². The molecule has 0 unspecified atom stereocenters. The van der Waals surface area contributed by atoms with Crippen LogP contribution < -0.4 is 0 Å². The molecule has 0 bridgehead atoms. The van der Waals surface area contributed by atoms with Crippen molar-refractivity contribution in [2.75, 3.05) is 6.61 Å². The summed E-state index contributed by atoms with van der Waals surface area (Å²) < 4.78 is 36.1. The number of benzene rings is 1. The number of hydrogen-bond acceptors (Lipinski definition) is 2. The number of thioether (sulfide) groups is 1. The van der Waals surface area contributed by atoms with Gasteiger partial charge in [0.25, 0.3) is 0 Å². The number of hydrogen-bond donors (Lipinski definition) is 1. The number of aliphatic hydroxyl groups excluding tert-OH is 1. The van der Waals surface area contributed by atoms with Crippen molar-refractivity contribution in [1.82, 2.24) is 0 Å². The van der Waals surface area contributed by atoms with Gasteiger partial charge < -0.3 is 5.11 Å². The van der Waals surface area contributed by atoms with E-state index >= 15 is 0 Å². The van der Waals surface area contributed by atoms with Gasteiger partial charge >= 0.3 is 5.51 Å². The van der Waals surface area contributed by atoms with Crippen LogP contribution in [0.15, 0.2) is 29.2 Å². The van der Waals surface area contributed by atoms with Gasteiger partial charge in [-0.2, -0.15) is 13.2 Å². The summed E-state index contributed by atoms with van der Waals surface area (Å²) in [6.07, 6.45) is 1.17. The van der Waals surface area contributed by atoms with Crippen molar-refractivity contribution in [3.8, 4) is 0 Å². The van der Waals surface area contributed by atoms with Gasteiger partial charge in [0.1, 0.15) is 0 Å². The van der Waals surface area contributed by atoms with E-state index in [1.165, 1.54) is 12.1 Å². The molecule has 5 heteroatoms. The van der Waals surface area contributed by atoms with Gasteiger partial charge in [0.2, 0.25) is 0 Å². The molecule has 84 valence electrons. The summed E-state index contributed by atoms with van der Waals surface area (Å²) >= 11 is -0.114. The van der Waals surface area contributed by atoms with E-state index in [2.05, 4.69) is 0 Å². The predicted molar refractivity (Wildman–Crippen MR) is 53.8 cm³/mol. The Morgan fingerprint density at radius 3 is 2.60 bits per heavy atom. The second-order valence-electron chi connectivity index (χ2n) is 3.02. The van der Waals surface area contributed by atoms with Crippen molar-refractivity contribution in [1.29, 1.82) is 0 Å². The Morgan fingerprint density at radius 2 is 2.00 bits per heavy atom. The molecule has 0 radical (unpaired) electrons. The highest BCUT2D eigenvalue weighted by atomic mass is 32.2. The molecule has 0 aliphatic carbocycles. The molecule has 1 nitrogen and oxygen atoms in total. The standard InChI is InChI=1S/C10H11F3OS/c11-10(12,13)15-9-5-1-3-8(7-9)4-2-6-14/h1,3,5,7,14H,2,4,6H2. The summed E-state index contributed by atoms with van der Waals surface area (Å²) in [5.74, 6) is 0. The second-order valence-corrected chi connectivity index (χ2v) is 4.16. The number of alkyl halides is 3. The number of halogens is 3. The molecular formula is C10H11F3OS. The third-order valence-corrected chi connectivity index (χ3v) is 2.48. The van der Waals surface area contributed by atoms with Crippen molar-refractivity contribution in [2.45, 2.75) is 23.2 Å². The summed E-state index contributed by atoms with van der Waals surface area (Å²) in [5.41, 5.74) is -3.42. The van der Waals surface area contributed by atoms with E-state index in [0.29, 0.717) is 12.8 Å². The largest absolute Gasteiger partial charge is 0.446 e. The van der Waals surface area contributed by atoms with Gasteiger partial charge in [-0.3, -0.25) is 0 Å². The number of aliphatic hydroxyl groups is 1. The molecule has 0 aliphatic rings. The molecule has 0 atom stereocenters. The van der Waals surface area contributed by atoms with Crippen LogP contribution >= 0.6 is 11.8 Å². The topological polar surface area (TPSA) is 20.2 Å². The van der Waals surface area contributed by atoms with Gasteiger partial charge in [-0.25, -0.2) is 0 Å². The molecule has 0 saturated carbocycles. The van der Waals surface area contributed by atoms with Crippen LogP contribution in [0.5, 0.6) is 0 Å². The quantitative estimate of drug-likeness (QED) is 0.810. The van der Waals surface area contributed by atoms with Crippen LogP contribution in [0.4, 0.5) is 13.2 Å². The molecule has 1 aromatic rings. The summed E-state index contributed by atoms with van der Waals surface area (Å²) in [7, 11) is 0. The molecule has 0 fully saturated rings. The van der Waals surface area contributed by atoms with Crippen LogP contribution in [0.1, 0.15) is 12.0 Å². The van der Waals surface area contributed by atoms with Crippen molar-refractivity contribution in [3.63, 3.8) is 0 Å². The Labute approximate surface area is 90.3 Å². The second kappa shape index (κ2) is 5.42. The summed E-state index contributed by atoms with van der Waals surface area (Å²) in [5, 5.41) is 8.60. The summed E-state index contributed by atoms with van der Waals surface area (Å²) in [4.78, 5) is 0.193. The van der Waals surface area contributed by atoms with Crippen LogP contribution in [-0.2, 0) is 6.42 Å². The van der Waals surface area contributed by atoms with Crippen molar-refractivity contribution in [2.24, 2.45) is 0 Å². The lowest BCUT2D eigenvalue weighted by molar-refractivity contribution is -0.0328. The third-order valence-electron chi connectivity index (χ3n) is 1.76. The lowest BCUT2D eigenvalue weighted by atomic mass is 10.1. The van der Waals surface area contributed by atoms with Crippen molar-refractivity contribution >= 4 is 11.8 Å². The summed E-state index contributed by atoms with van der Waals surface area (Å²) in [6.45, 7) is 0.0522. The fourth-order valence-corrected chi connectivity index (χ4v) is 1.81. The monoisotopic (exact) mass is 236 g/mol. The molecule has 0 amide bonds. The zero-order chi connectivity index (χ0) is 11.3. The number of aryl methyl sites for hydroxylation is 1. The van der Waals surface area contributed by atoms with E-state index < -0.39 is 5.51 Å². The smallest absolute Gasteiger partial charge is 0.396 e. The van der Waals surface area contributed by atoms with Gasteiger partial charge in [-0.15, -0.1) is 0 Å². The highest BCUT2D eigenvalue weighted by molar-refractivity contribution is 8.00. The Kier molecular flexibility index (Phi) is 4.47. The van der Waals surface area contributed by atoms with E-state index in [-0.39, 0.29) is 23.3 Å². The fourth-order valence-electron chi connectivity index (χ4n) is 1.18. The van der Waals surface area contributed by atoms with Crippen LogP contribution in [0.2, 0.25) is 0 Å². The maximum absolute atomic E-state index is 12.0. The lowest BCUT2D eigenvalue weighted by Gasteiger charge is -2.06. The molecule has 0 saturated heterocycles. The first-order valence-corrected chi connectivity index (χ1v) is 5.28. The molecule has 0 spiro atoms. The normalized spacial score (nSPS) is 11.7. The van der Waals surface area contributed by atoms with E-state index in [4.69, 9.17) is 5.11 Å². The number of rotatable bonds is 4. The molecule has 0 aliphatic heterocycles. The molecule has 15 heavy (non-hydrogen) atoms. The SMILES string of the molecule is OCCCc1cccc(SC(F)(F)F)c1. The van der Waals surface area contributed by atoms with Gasteiger partial charge in [0.05, 0.1) is 0 Å². The highest BCUT2D eigenvalue weighted by Gasteiger charge is 2.29. The van der Waals surface area contributed by atoms with Gasteiger partial charge in [0.15, 0.2) is 0 Å². The first kappa shape index (κ1) is 12.4. The minimum atomic E-state index is -4.24. The first-order chi connectivity index (χ1) is 7.01. The van der Waals surface area contributed by atoms with Crippen LogP contribution in [0, 0.1) is 0 Å². The van der Waals surface area contributed by atoms with Crippen molar-refractivity contribution in [3.05, 3.63) is 29.8 Å². The molecule has 1 aromatic carbocycles. The van der Waals surface area contributed by atoms with Crippen molar-refractivity contribution < 1.29 is 18.3 Å². The van der Waals surface area contributed by atoms with Crippen LogP contribution in [0.3, 0.4) is 0 Å². The minimum Gasteiger partial charge on any atom is -0.396 e. The molecular weight excluding hydrogens is 225 g/mol. The van der Waals surface area contributed by atoms with E-state index in [9.17, 15) is 13.2 Å². The summed E-state index contributed by atoms with van der Waals surface area (Å²) in [6, 6.07) is 6.30. The van der Waals surface area contributed by atoms with E-state index in [0.717, 1.165) is 5.56 Å². The average molecular weight is 236 g/mol. The molecule has 1 rings (SSSR count). The highest BCUT2D eigenvalue weighted by Crippen LogP contribution is 2.36. The van der Waals surface area contributed by atoms with E-state index in [1.54, 1.807) is 12.1 Å². The Bertz CT molecular complexity index is 312. The Balaban J connectivity index is 2.66. The average Bonchev–Trinajstić information content (AvgIpc) is 2.12. The zero-order valence-corrected chi connectivity index (χ0v) is 8.74. The molecule has 0 heterocycles.